The molecule has 6 nitrogen and oxygen atoms in total. The molecule has 4 rings (SSSR count). The lowest BCUT2D eigenvalue weighted by Crippen LogP contribution is -2.34. The second-order valence-corrected chi connectivity index (χ2v) is 9.30. The smallest absolute Gasteiger partial charge is 0.264 e. The average Bonchev–Trinajstić information content (AvgIpc) is 3.62. The molecule has 0 atom stereocenters. The van der Waals surface area contributed by atoms with Crippen LogP contribution in [0.1, 0.15) is 28.8 Å². The number of hydrogen-bond donors (Lipinski definition) is 1. The van der Waals surface area contributed by atoms with Crippen molar-refractivity contribution < 1.29 is 17.9 Å². The summed E-state index contributed by atoms with van der Waals surface area (Å²) in [6.07, 6.45) is 1.90. The van der Waals surface area contributed by atoms with Gasteiger partial charge in [-0.3, -0.25) is 9.10 Å². The number of carbonyl (C=O) groups excluding carboxylic acids is 1. The molecule has 160 valence electrons. The summed E-state index contributed by atoms with van der Waals surface area (Å²) in [7, 11) is -2.42. The minimum Gasteiger partial charge on any atom is -0.497 e. The summed E-state index contributed by atoms with van der Waals surface area (Å²) in [6, 6.07) is 22.6. The zero-order valence-corrected chi connectivity index (χ0v) is 18.0. The predicted molar refractivity (Wildman–Crippen MR) is 120 cm³/mol. The normalized spacial score (nSPS) is 13.5. The average molecular weight is 437 g/mol. The van der Waals surface area contributed by atoms with E-state index in [0.717, 1.165) is 18.4 Å². The van der Waals surface area contributed by atoms with Crippen LogP contribution >= 0.6 is 0 Å². The Bertz CT molecular complexity index is 1160. The van der Waals surface area contributed by atoms with Crippen LogP contribution in [0.25, 0.3) is 0 Å². The summed E-state index contributed by atoms with van der Waals surface area (Å²) in [5.41, 5.74) is 1.50. The van der Waals surface area contributed by atoms with Gasteiger partial charge in [0.25, 0.3) is 15.9 Å². The van der Waals surface area contributed by atoms with E-state index in [1.165, 1.54) is 23.5 Å². The van der Waals surface area contributed by atoms with Crippen LogP contribution in [0.2, 0.25) is 0 Å². The van der Waals surface area contributed by atoms with E-state index in [2.05, 4.69) is 5.32 Å². The van der Waals surface area contributed by atoms with E-state index in [-0.39, 0.29) is 23.4 Å². The Morgan fingerprint density at radius 1 is 0.968 bits per heavy atom. The van der Waals surface area contributed by atoms with Gasteiger partial charge in [0.05, 0.1) is 29.8 Å². The first-order valence-corrected chi connectivity index (χ1v) is 11.5. The van der Waals surface area contributed by atoms with Gasteiger partial charge in [-0.1, -0.05) is 42.5 Å². The summed E-state index contributed by atoms with van der Waals surface area (Å²) in [6.45, 7) is 0.100. The van der Waals surface area contributed by atoms with Crippen LogP contribution in [0.4, 0.5) is 5.69 Å². The van der Waals surface area contributed by atoms with Crippen molar-refractivity contribution in [1.29, 1.82) is 0 Å². The number of carbonyl (C=O) groups is 1. The fraction of sp³-hybridized carbons (Fsp3) is 0.208. The number of amides is 1. The number of ether oxygens (including phenoxy) is 1. The lowest BCUT2D eigenvalue weighted by Gasteiger charge is -2.26. The fourth-order valence-electron chi connectivity index (χ4n) is 3.30. The van der Waals surface area contributed by atoms with Gasteiger partial charge >= 0.3 is 0 Å². The molecule has 0 bridgehead atoms. The van der Waals surface area contributed by atoms with Crippen molar-refractivity contribution in [2.45, 2.75) is 30.3 Å². The zero-order valence-electron chi connectivity index (χ0n) is 17.2. The third kappa shape index (κ3) is 4.72. The molecule has 0 heterocycles. The highest BCUT2D eigenvalue weighted by atomic mass is 32.2. The van der Waals surface area contributed by atoms with Crippen molar-refractivity contribution in [3.8, 4) is 5.75 Å². The fourth-order valence-corrected chi connectivity index (χ4v) is 4.77. The first-order valence-electron chi connectivity index (χ1n) is 10.1. The molecule has 0 unspecified atom stereocenters. The van der Waals surface area contributed by atoms with E-state index in [1.54, 1.807) is 36.4 Å². The molecule has 3 aromatic rings. The van der Waals surface area contributed by atoms with Gasteiger partial charge in [-0.25, -0.2) is 8.42 Å². The molecule has 7 heteroatoms. The van der Waals surface area contributed by atoms with Crippen LogP contribution in [0.5, 0.6) is 5.75 Å². The van der Waals surface area contributed by atoms with Gasteiger partial charge in [0.1, 0.15) is 5.75 Å². The minimum atomic E-state index is -3.95. The molecule has 0 saturated heterocycles. The molecule has 0 aliphatic heterocycles. The second-order valence-electron chi connectivity index (χ2n) is 7.44. The van der Waals surface area contributed by atoms with E-state index in [1.807, 2.05) is 30.3 Å². The highest BCUT2D eigenvalue weighted by Gasteiger charge is 2.30. The van der Waals surface area contributed by atoms with Gasteiger partial charge < -0.3 is 10.1 Å². The Labute approximate surface area is 182 Å². The van der Waals surface area contributed by atoms with Gasteiger partial charge in [-0.05, 0) is 54.8 Å². The van der Waals surface area contributed by atoms with E-state index < -0.39 is 10.0 Å². The number of anilines is 1. The van der Waals surface area contributed by atoms with E-state index in [9.17, 15) is 13.2 Å². The van der Waals surface area contributed by atoms with Crippen molar-refractivity contribution >= 4 is 21.6 Å². The molecule has 1 aliphatic carbocycles. The topological polar surface area (TPSA) is 75.7 Å². The lowest BCUT2D eigenvalue weighted by atomic mass is 10.1. The number of nitrogens with one attached hydrogen (secondary N) is 1. The lowest BCUT2D eigenvalue weighted by molar-refractivity contribution is 0.0951. The Morgan fingerprint density at radius 3 is 2.26 bits per heavy atom. The number of hydrogen-bond acceptors (Lipinski definition) is 4. The van der Waals surface area contributed by atoms with Crippen LogP contribution in [0.3, 0.4) is 0 Å². The Kier molecular flexibility index (Phi) is 5.95. The number of para-hydroxylation sites is 1. The molecule has 3 aromatic carbocycles. The number of nitrogens with zero attached hydrogens (tertiary/aromatic N) is 1. The van der Waals surface area contributed by atoms with E-state index in [4.69, 9.17) is 4.74 Å². The SMILES string of the molecule is COc1ccc(S(=O)(=O)N(Cc2ccccc2)c2ccccc2C(=O)NC2CC2)cc1. The molecule has 0 aromatic heterocycles. The van der Waals surface area contributed by atoms with E-state index in [0.29, 0.717) is 17.0 Å². The Hall–Kier alpha value is -3.32. The van der Waals surface area contributed by atoms with Crippen molar-refractivity contribution in [2.24, 2.45) is 0 Å². The van der Waals surface area contributed by atoms with Crippen LogP contribution in [-0.4, -0.2) is 27.5 Å². The molecule has 1 fully saturated rings. The van der Waals surface area contributed by atoms with Gasteiger partial charge in [-0.2, -0.15) is 0 Å². The Balaban J connectivity index is 1.79. The maximum atomic E-state index is 13.7. The minimum absolute atomic E-state index is 0.100. The first-order chi connectivity index (χ1) is 15.0. The summed E-state index contributed by atoms with van der Waals surface area (Å²) in [5.74, 6) is 0.305. The van der Waals surface area contributed by atoms with Crippen LogP contribution in [-0.2, 0) is 16.6 Å². The largest absolute Gasteiger partial charge is 0.497 e. The molecule has 1 aliphatic rings. The number of methoxy groups -OCH3 is 1. The monoisotopic (exact) mass is 436 g/mol. The van der Waals surface area contributed by atoms with Gasteiger partial charge in [0.2, 0.25) is 0 Å². The number of rotatable bonds is 8. The van der Waals surface area contributed by atoms with Crippen molar-refractivity contribution in [1.82, 2.24) is 5.32 Å². The van der Waals surface area contributed by atoms with Gasteiger partial charge in [-0.15, -0.1) is 0 Å². The summed E-state index contributed by atoms with van der Waals surface area (Å²) >= 11 is 0. The van der Waals surface area contributed by atoms with Gasteiger partial charge in [0.15, 0.2) is 0 Å². The second kappa shape index (κ2) is 8.81. The zero-order chi connectivity index (χ0) is 21.8. The first kappa shape index (κ1) is 20.9. The highest BCUT2D eigenvalue weighted by molar-refractivity contribution is 7.92. The summed E-state index contributed by atoms with van der Waals surface area (Å²) < 4.78 is 33.9. The molecule has 0 spiro atoms. The molecular formula is C24H24N2O4S. The molecule has 1 N–H and O–H groups in total. The Morgan fingerprint density at radius 2 is 1.61 bits per heavy atom. The quantitative estimate of drug-likeness (QED) is 0.580. The molecule has 31 heavy (non-hydrogen) atoms. The van der Waals surface area contributed by atoms with Crippen molar-refractivity contribution in [3.05, 3.63) is 90.0 Å². The maximum Gasteiger partial charge on any atom is 0.264 e. The molecule has 1 saturated carbocycles. The molecule has 0 radical (unpaired) electrons. The number of sulfonamides is 1. The van der Waals surface area contributed by atoms with E-state index >= 15 is 0 Å². The van der Waals surface area contributed by atoms with Crippen LogP contribution in [0, 0.1) is 0 Å². The van der Waals surface area contributed by atoms with Crippen molar-refractivity contribution in [2.75, 3.05) is 11.4 Å². The van der Waals surface area contributed by atoms with Crippen molar-refractivity contribution in [3.63, 3.8) is 0 Å². The highest BCUT2D eigenvalue weighted by Crippen LogP contribution is 2.30. The standard InChI is InChI=1S/C24H24N2O4S/c1-30-20-13-15-21(16-14-20)31(28,29)26(17-18-7-3-2-4-8-18)23-10-6-5-9-22(23)24(27)25-19-11-12-19/h2-10,13-16,19H,11-12,17H2,1H3,(H,25,27). The third-order valence-electron chi connectivity index (χ3n) is 5.15. The molecule has 1 amide bonds. The summed E-state index contributed by atoms with van der Waals surface area (Å²) in [4.78, 5) is 13.0. The summed E-state index contributed by atoms with van der Waals surface area (Å²) in [5, 5.41) is 2.96. The number of benzene rings is 3. The van der Waals surface area contributed by atoms with Gasteiger partial charge in [0, 0.05) is 6.04 Å². The maximum absolute atomic E-state index is 13.7. The van der Waals surface area contributed by atoms with Crippen LogP contribution in [0.15, 0.2) is 83.8 Å². The molecular weight excluding hydrogens is 412 g/mol. The third-order valence-corrected chi connectivity index (χ3v) is 6.92. The predicted octanol–water partition coefficient (Wildman–Crippen LogP) is 3.98. The van der Waals surface area contributed by atoms with Crippen LogP contribution < -0.4 is 14.4 Å².